The summed E-state index contributed by atoms with van der Waals surface area (Å²) in [5, 5.41) is 0.520. The van der Waals surface area contributed by atoms with Gasteiger partial charge in [-0.1, -0.05) is 32.4 Å². The van der Waals surface area contributed by atoms with Gasteiger partial charge in [0.25, 0.3) is 0 Å². The lowest BCUT2D eigenvalue weighted by atomic mass is 9.93. The van der Waals surface area contributed by atoms with Crippen LogP contribution < -0.4 is 0 Å². The van der Waals surface area contributed by atoms with Gasteiger partial charge in [-0.3, -0.25) is 0 Å². The van der Waals surface area contributed by atoms with E-state index < -0.39 is 0 Å². The van der Waals surface area contributed by atoms with Crippen LogP contribution in [0.5, 0.6) is 0 Å². The number of halogens is 1. The summed E-state index contributed by atoms with van der Waals surface area (Å²) in [6.45, 7) is 8.01. The molecule has 0 aliphatic carbocycles. The van der Waals surface area contributed by atoms with E-state index in [-0.39, 0.29) is 0 Å². The molecule has 1 aromatic heterocycles. The van der Waals surface area contributed by atoms with Crippen LogP contribution in [-0.2, 0) is 11.3 Å². The molecule has 0 bridgehead atoms. The highest BCUT2D eigenvalue weighted by Crippen LogP contribution is 2.18. The molecule has 15 heavy (non-hydrogen) atoms. The number of ether oxygens (including phenoxy) is 1. The van der Waals surface area contributed by atoms with E-state index >= 15 is 0 Å². The van der Waals surface area contributed by atoms with Crippen molar-refractivity contribution < 1.29 is 4.74 Å². The second-order valence-corrected chi connectivity index (χ2v) is 5.24. The van der Waals surface area contributed by atoms with E-state index in [1.807, 2.05) is 12.1 Å². The third-order valence-corrected chi connectivity index (χ3v) is 2.26. The maximum atomic E-state index is 5.76. The quantitative estimate of drug-likeness (QED) is 0.578. The van der Waals surface area contributed by atoms with Gasteiger partial charge in [-0.05, 0) is 29.5 Å². The molecule has 0 unspecified atom stereocenters. The first-order valence-electron chi connectivity index (χ1n) is 5.15. The Kier molecular flexibility index (Phi) is 4.55. The van der Waals surface area contributed by atoms with Crippen molar-refractivity contribution in [3.8, 4) is 0 Å². The minimum absolute atomic E-state index is 0.329. The summed E-state index contributed by atoms with van der Waals surface area (Å²) in [4.78, 5) is 3.92. The maximum Gasteiger partial charge on any atom is 0.129 e. The monoisotopic (exact) mass is 227 g/mol. The number of pyridine rings is 1. The Bertz CT molecular complexity index is 307. The highest BCUT2D eigenvalue weighted by atomic mass is 35.5. The van der Waals surface area contributed by atoms with E-state index in [9.17, 15) is 0 Å². The van der Waals surface area contributed by atoms with Gasteiger partial charge in [-0.2, -0.15) is 0 Å². The molecule has 1 aromatic rings. The maximum absolute atomic E-state index is 5.76. The third-order valence-electron chi connectivity index (χ3n) is 2.06. The molecule has 0 atom stereocenters. The van der Waals surface area contributed by atoms with Crippen LogP contribution in [0.1, 0.15) is 32.8 Å². The SMILES string of the molecule is CC(C)(C)CCOCc1ccnc(Cl)c1. The summed E-state index contributed by atoms with van der Waals surface area (Å²) < 4.78 is 5.56. The molecule has 1 heterocycles. The van der Waals surface area contributed by atoms with Crippen molar-refractivity contribution in [2.24, 2.45) is 5.41 Å². The Hall–Kier alpha value is -0.600. The van der Waals surface area contributed by atoms with Gasteiger partial charge in [-0.25, -0.2) is 4.98 Å². The molecular weight excluding hydrogens is 210 g/mol. The molecule has 1 rings (SSSR count). The van der Waals surface area contributed by atoms with Crippen LogP contribution in [0.25, 0.3) is 0 Å². The molecule has 0 saturated heterocycles. The van der Waals surface area contributed by atoms with Gasteiger partial charge in [0.05, 0.1) is 6.61 Å². The zero-order chi connectivity index (χ0) is 11.3. The fraction of sp³-hybridized carbons (Fsp3) is 0.583. The Morgan fingerprint density at radius 2 is 2.13 bits per heavy atom. The number of rotatable bonds is 4. The largest absolute Gasteiger partial charge is 0.377 e. The molecule has 0 aromatic carbocycles. The lowest BCUT2D eigenvalue weighted by molar-refractivity contribution is 0.0962. The first kappa shape index (κ1) is 12.5. The first-order chi connectivity index (χ1) is 6.97. The van der Waals surface area contributed by atoms with Crippen molar-refractivity contribution in [1.29, 1.82) is 0 Å². The minimum Gasteiger partial charge on any atom is -0.377 e. The van der Waals surface area contributed by atoms with Crippen molar-refractivity contribution in [2.45, 2.75) is 33.8 Å². The minimum atomic E-state index is 0.329. The van der Waals surface area contributed by atoms with Crippen molar-refractivity contribution in [3.63, 3.8) is 0 Å². The topological polar surface area (TPSA) is 22.1 Å². The molecular formula is C12H18ClNO. The average Bonchev–Trinajstić information content (AvgIpc) is 2.11. The average molecular weight is 228 g/mol. The smallest absolute Gasteiger partial charge is 0.129 e. The molecule has 0 N–H and O–H groups in total. The molecule has 3 heteroatoms. The first-order valence-corrected chi connectivity index (χ1v) is 5.53. The van der Waals surface area contributed by atoms with Gasteiger partial charge in [-0.15, -0.1) is 0 Å². The second-order valence-electron chi connectivity index (χ2n) is 4.85. The number of nitrogens with zero attached hydrogens (tertiary/aromatic N) is 1. The summed E-state index contributed by atoms with van der Waals surface area (Å²) in [7, 11) is 0. The fourth-order valence-electron chi connectivity index (χ4n) is 1.10. The van der Waals surface area contributed by atoms with Crippen LogP contribution in [0.4, 0.5) is 0 Å². The summed E-state index contributed by atoms with van der Waals surface area (Å²) in [6.07, 6.45) is 2.76. The number of aromatic nitrogens is 1. The van der Waals surface area contributed by atoms with Crippen LogP contribution in [0.2, 0.25) is 5.15 Å². The van der Waals surface area contributed by atoms with E-state index in [0.29, 0.717) is 17.2 Å². The summed E-state index contributed by atoms with van der Waals surface area (Å²) in [5.41, 5.74) is 1.40. The highest BCUT2D eigenvalue weighted by Gasteiger charge is 2.09. The van der Waals surface area contributed by atoms with Gasteiger partial charge in [0.2, 0.25) is 0 Å². The predicted molar refractivity (Wildman–Crippen MR) is 63.0 cm³/mol. The van der Waals surface area contributed by atoms with Crippen LogP contribution in [0.15, 0.2) is 18.3 Å². The second kappa shape index (κ2) is 5.47. The standard InChI is InChI=1S/C12H18ClNO/c1-12(2,3)5-7-15-9-10-4-6-14-11(13)8-10/h4,6,8H,5,7,9H2,1-3H3. The molecule has 0 radical (unpaired) electrons. The Morgan fingerprint density at radius 3 is 2.73 bits per heavy atom. The molecule has 0 aliphatic heterocycles. The van der Waals surface area contributed by atoms with Crippen LogP contribution in [0.3, 0.4) is 0 Å². The van der Waals surface area contributed by atoms with Gasteiger partial charge in [0.1, 0.15) is 5.15 Å². The van der Waals surface area contributed by atoms with Crippen molar-refractivity contribution in [3.05, 3.63) is 29.0 Å². The van der Waals surface area contributed by atoms with Crippen molar-refractivity contribution >= 4 is 11.6 Å². The third kappa shape index (κ3) is 5.75. The molecule has 0 aliphatic rings. The van der Waals surface area contributed by atoms with E-state index in [1.54, 1.807) is 6.20 Å². The molecule has 0 amide bonds. The van der Waals surface area contributed by atoms with E-state index in [2.05, 4.69) is 25.8 Å². The Balaban J connectivity index is 2.26. The van der Waals surface area contributed by atoms with Crippen molar-refractivity contribution in [1.82, 2.24) is 4.98 Å². The van der Waals surface area contributed by atoms with Crippen LogP contribution >= 0.6 is 11.6 Å². The van der Waals surface area contributed by atoms with Gasteiger partial charge in [0.15, 0.2) is 0 Å². The highest BCUT2D eigenvalue weighted by molar-refractivity contribution is 6.29. The van der Waals surface area contributed by atoms with Gasteiger partial charge in [0, 0.05) is 12.8 Å². The van der Waals surface area contributed by atoms with Gasteiger partial charge >= 0.3 is 0 Å². The zero-order valence-electron chi connectivity index (χ0n) is 9.59. The van der Waals surface area contributed by atoms with E-state index in [1.165, 1.54) is 0 Å². The molecule has 0 fully saturated rings. The normalized spacial score (nSPS) is 11.7. The number of hydrogen-bond acceptors (Lipinski definition) is 2. The predicted octanol–water partition coefficient (Wildman–Crippen LogP) is 3.69. The van der Waals surface area contributed by atoms with Gasteiger partial charge < -0.3 is 4.74 Å². The van der Waals surface area contributed by atoms with Crippen molar-refractivity contribution in [2.75, 3.05) is 6.61 Å². The molecule has 84 valence electrons. The lowest BCUT2D eigenvalue weighted by Crippen LogP contribution is -2.09. The Morgan fingerprint density at radius 1 is 1.40 bits per heavy atom. The van der Waals surface area contributed by atoms with E-state index in [4.69, 9.17) is 16.3 Å². The zero-order valence-corrected chi connectivity index (χ0v) is 10.3. The summed E-state index contributed by atoms with van der Waals surface area (Å²) in [5.74, 6) is 0. The summed E-state index contributed by atoms with van der Waals surface area (Å²) in [6, 6.07) is 3.75. The molecule has 0 spiro atoms. The summed E-state index contributed by atoms with van der Waals surface area (Å²) >= 11 is 5.76. The lowest BCUT2D eigenvalue weighted by Gasteiger charge is -2.17. The van der Waals surface area contributed by atoms with E-state index in [0.717, 1.165) is 18.6 Å². The molecule has 0 saturated carbocycles. The van der Waals surface area contributed by atoms with Crippen LogP contribution in [-0.4, -0.2) is 11.6 Å². The molecule has 2 nitrogen and oxygen atoms in total. The van der Waals surface area contributed by atoms with Crippen LogP contribution in [0, 0.1) is 5.41 Å². The number of hydrogen-bond donors (Lipinski definition) is 0. The fourth-order valence-corrected chi connectivity index (χ4v) is 1.30. The Labute approximate surface area is 96.6 Å².